The molecule has 9 heteroatoms. The predicted molar refractivity (Wildman–Crippen MR) is 125 cm³/mol. The second-order valence-corrected chi connectivity index (χ2v) is 8.63. The van der Waals surface area contributed by atoms with Crippen LogP contribution in [-0.2, 0) is 30.2 Å². The van der Waals surface area contributed by atoms with Gasteiger partial charge in [0.05, 0.1) is 19.3 Å². The number of carbonyl (C=O) groups excluding carboxylic acids is 1. The number of hydrogen-bond donors (Lipinski definition) is 2. The number of benzene rings is 3. The predicted octanol–water partition coefficient (Wildman–Crippen LogP) is 4.69. The van der Waals surface area contributed by atoms with E-state index in [1.807, 2.05) is 24.3 Å². The van der Waals surface area contributed by atoms with E-state index in [0.717, 1.165) is 23.3 Å². The molecule has 0 aliphatic heterocycles. The van der Waals surface area contributed by atoms with Crippen LogP contribution in [0.15, 0.2) is 66.7 Å². The highest BCUT2D eigenvalue weighted by Crippen LogP contribution is 2.33. The second kappa shape index (κ2) is 9.93. The summed E-state index contributed by atoms with van der Waals surface area (Å²) < 4.78 is 49.9. The molecule has 0 heterocycles. The smallest absolute Gasteiger partial charge is 0.416 e. The molecule has 0 saturated heterocycles. The quantitative estimate of drug-likeness (QED) is 0.470. The topological polar surface area (TPSA) is 84.9 Å². The minimum absolute atomic E-state index is 0.0388. The molecule has 0 fully saturated rings. The Labute approximate surface area is 205 Å². The number of methoxy groups -OCH3 is 1. The van der Waals surface area contributed by atoms with Gasteiger partial charge in [-0.3, -0.25) is 4.79 Å². The fraction of sp³-hybridized carbons (Fsp3) is 0.259. The van der Waals surface area contributed by atoms with Gasteiger partial charge in [-0.15, -0.1) is 0 Å². The molecular formula is C27H24F3NO5. The van der Waals surface area contributed by atoms with Crippen LogP contribution < -0.4 is 14.8 Å². The number of nitrogens with one attached hydrogen (secondary N) is 1. The lowest BCUT2D eigenvalue weighted by molar-refractivity contribution is -0.144. The molecule has 2 N–H and O–H groups in total. The Bertz CT molecular complexity index is 1260. The molecule has 0 radical (unpaired) electrons. The molecule has 0 saturated carbocycles. The van der Waals surface area contributed by atoms with Gasteiger partial charge in [0.15, 0.2) is 11.5 Å². The van der Waals surface area contributed by atoms with E-state index in [2.05, 4.69) is 5.32 Å². The van der Waals surface area contributed by atoms with E-state index in [0.29, 0.717) is 11.3 Å². The van der Waals surface area contributed by atoms with Crippen LogP contribution in [0, 0.1) is 0 Å². The Balaban J connectivity index is 1.47. The Morgan fingerprint density at radius 3 is 2.28 bits per heavy atom. The second-order valence-electron chi connectivity index (χ2n) is 8.63. The molecule has 0 unspecified atom stereocenters. The first-order valence-electron chi connectivity index (χ1n) is 11.2. The third-order valence-corrected chi connectivity index (χ3v) is 6.19. The number of carboxylic acid groups (broad SMARTS) is 1. The van der Waals surface area contributed by atoms with E-state index in [1.165, 1.54) is 31.4 Å². The summed E-state index contributed by atoms with van der Waals surface area (Å²) >= 11 is 0. The van der Waals surface area contributed by atoms with Crippen LogP contribution >= 0.6 is 0 Å². The van der Waals surface area contributed by atoms with Crippen molar-refractivity contribution in [3.63, 3.8) is 0 Å². The number of rotatable bonds is 8. The summed E-state index contributed by atoms with van der Waals surface area (Å²) in [7, 11) is 1.42. The average Bonchev–Trinajstić information content (AvgIpc) is 3.23. The van der Waals surface area contributed by atoms with E-state index in [4.69, 9.17) is 9.47 Å². The van der Waals surface area contributed by atoms with Crippen molar-refractivity contribution in [2.45, 2.75) is 31.0 Å². The van der Waals surface area contributed by atoms with Crippen LogP contribution in [0.4, 0.5) is 13.2 Å². The van der Waals surface area contributed by atoms with Gasteiger partial charge in [-0.05, 0) is 41.0 Å². The highest BCUT2D eigenvalue weighted by Gasteiger charge is 2.45. The molecule has 4 rings (SSSR count). The van der Waals surface area contributed by atoms with Crippen molar-refractivity contribution in [3.8, 4) is 11.5 Å². The van der Waals surface area contributed by atoms with Crippen LogP contribution in [0.25, 0.3) is 0 Å². The number of ether oxygens (including phenoxy) is 2. The van der Waals surface area contributed by atoms with E-state index in [1.54, 1.807) is 6.07 Å². The van der Waals surface area contributed by atoms with Crippen LogP contribution in [-0.4, -0.2) is 36.2 Å². The van der Waals surface area contributed by atoms with Crippen molar-refractivity contribution in [1.82, 2.24) is 5.32 Å². The molecule has 1 aliphatic carbocycles. The Morgan fingerprint density at radius 1 is 0.972 bits per heavy atom. The van der Waals surface area contributed by atoms with E-state index < -0.39 is 29.2 Å². The first-order chi connectivity index (χ1) is 17.1. The fourth-order valence-electron chi connectivity index (χ4n) is 4.31. The summed E-state index contributed by atoms with van der Waals surface area (Å²) in [6.07, 6.45) is -3.90. The molecule has 0 atom stereocenters. The molecule has 3 aromatic rings. The number of carbonyl (C=O) groups is 2. The van der Waals surface area contributed by atoms with Crippen LogP contribution in [0.2, 0.25) is 0 Å². The van der Waals surface area contributed by atoms with E-state index in [-0.39, 0.29) is 37.2 Å². The first-order valence-corrected chi connectivity index (χ1v) is 11.2. The number of alkyl halides is 3. The maximum absolute atomic E-state index is 13.1. The number of amides is 1. The highest BCUT2D eigenvalue weighted by molar-refractivity contribution is 5.99. The van der Waals surface area contributed by atoms with Gasteiger partial charge in [0.25, 0.3) is 5.91 Å². The normalized spacial score (nSPS) is 14.1. The lowest BCUT2D eigenvalue weighted by Gasteiger charge is -2.25. The summed E-state index contributed by atoms with van der Waals surface area (Å²) in [6.45, 7) is 0.0388. The zero-order valence-electron chi connectivity index (χ0n) is 19.4. The van der Waals surface area contributed by atoms with E-state index >= 15 is 0 Å². The zero-order chi connectivity index (χ0) is 25.9. The monoisotopic (exact) mass is 499 g/mol. The third-order valence-electron chi connectivity index (χ3n) is 6.19. The van der Waals surface area contributed by atoms with Crippen molar-refractivity contribution in [3.05, 3.63) is 94.5 Å². The van der Waals surface area contributed by atoms with Crippen molar-refractivity contribution in [2.24, 2.45) is 0 Å². The molecule has 1 amide bonds. The van der Waals surface area contributed by atoms with Crippen LogP contribution in [0.3, 0.4) is 0 Å². The summed E-state index contributed by atoms with van der Waals surface area (Å²) in [5.41, 5.74) is 0.147. The first kappa shape index (κ1) is 25.1. The zero-order valence-corrected chi connectivity index (χ0v) is 19.4. The minimum Gasteiger partial charge on any atom is -0.493 e. The Kier molecular flexibility index (Phi) is 6.92. The minimum atomic E-state index is -4.43. The van der Waals surface area contributed by atoms with Gasteiger partial charge in [0.1, 0.15) is 5.54 Å². The largest absolute Gasteiger partial charge is 0.493 e. The van der Waals surface area contributed by atoms with Crippen molar-refractivity contribution in [1.29, 1.82) is 0 Å². The highest BCUT2D eigenvalue weighted by atomic mass is 19.4. The number of aliphatic carboxylic acids is 1. The van der Waals surface area contributed by atoms with E-state index in [9.17, 15) is 27.9 Å². The Hall–Kier alpha value is -4.01. The summed E-state index contributed by atoms with van der Waals surface area (Å²) in [4.78, 5) is 25.2. The summed E-state index contributed by atoms with van der Waals surface area (Å²) in [5.74, 6) is -1.17. The van der Waals surface area contributed by atoms with Crippen molar-refractivity contribution in [2.75, 3.05) is 13.7 Å². The van der Waals surface area contributed by atoms with Gasteiger partial charge in [-0.25, -0.2) is 4.79 Å². The Morgan fingerprint density at radius 2 is 1.67 bits per heavy atom. The molecule has 0 spiro atoms. The molecule has 188 valence electrons. The number of carboxylic acids is 1. The SMILES string of the molecule is COc1ccc(C(=O)NC2(C(=O)O)Cc3ccccc3C2)cc1OCCc1cccc(C(F)(F)F)c1. The van der Waals surface area contributed by atoms with Gasteiger partial charge < -0.3 is 19.9 Å². The van der Waals surface area contributed by atoms with Gasteiger partial charge in [-0.1, -0.05) is 42.5 Å². The molecule has 1 aliphatic rings. The lowest BCUT2D eigenvalue weighted by atomic mass is 9.95. The summed E-state index contributed by atoms with van der Waals surface area (Å²) in [5, 5.41) is 12.6. The van der Waals surface area contributed by atoms with Gasteiger partial charge in [0.2, 0.25) is 0 Å². The number of fused-ring (bicyclic) bond motifs is 1. The fourth-order valence-corrected chi connectivity index (χ4v) is 4.31. The maximum Gasteiger partial charge on any atom is 0.416 e. The number of halogens is 3. The molecule has 3 aromatic carbocycles. The maximum atomic E-state index is 13.1. The standard InChI is InChI=1S/C27H24F3NO5/c1-35-22-10-9-18(14-23(22)36-12-11-17-5-4-8-21(13-17)27(28,29)30)24(32)31-26(25(33)34)15-19-6-2-3-7-20(19)16-26/h2-10,13-14H,11-12,15-16H2,1H3,(H,31,32)(H,33,34). The number of hydrogen-bond acceptors (Lipinski definition) is 4. The molecule has 0 bridgehead atoms. The summed E-state index contributed by atoms with van der Waals surface area (Å²) in [6, 6.07) is 16.8. The van der Waals surface area contributed by atoms with Gasteiger partial charge >= 0.3 is 12.1 Å². The van der Waals surface area contributed by atoms with Crippen molar-refractivity contribution < 1.29 is 37.3 Å². The third kappa shape index (κ3) is 5.30. The van der Waals surface area contributed by atoms with Crippen molar-refractivity contribution >= 4 is 11.9 Å². The van der Waals surface area contributed by atoms with Gasteiger partial charge in [0, 0.05) is 24.8 Å². The molecule has 6 nitrogen and oxygen atoms in total. The van der Waals surface area contributed by atoms with Crippen LogP contribution in [0.1, 0.15) is 32.6 Å². The molecular weight excluding hydrogens is 475 g/mol. The van der Waals surface area contributed by atoms with Crippen LogP contribution in [0.5, 0.6) is 11.5 Å². The average molecular weight is 499 g/mol. The molecule has 36 heavy (non-hydrogen) atoms. The lowest BCUT2D eigenvalue weighted by Crippen LogP contribution is -2.55. The van der Waals surface area contributed by atoms with Gasteiger partial charge in [-0.2, -0.15) is 13.2 Å². The molecule has 0 aromatic heterocycles.